The lowest BCUT2D eigenvalue weighted by molar-refractivity contribution is -0.116. The molecule has 0 aromatic heterocycles. The number of aliphatic hydroxyl groups is 1. The second-order valence-electron chi connectivity index (χ2n) is 5.17. The van der Waals surface area contributed by atoms with E-state index in [4.69, 9.17) is 9.84 Å². The molecule has 0 bridgehead atoms. The third-order valence-corrected chi connectivity index (χ3v) is 3.36. The fourth-order valence-corrected chi connectivity index (χ4v) is 2.19. The van der Waals surface area contributed by atoms with Gasteiger partial charge in [0, 0.05) is 30.8 Å². The van der Waals surface area contributed by atoms with Crippen molar-refractivity contribution in [2.75, 3.05) is 19.0 Å². The number of amides is 1. The predicted molar refractivity (Wildman–Crippen MR) is 84.6 cm³/mol. The molecule has 21 heavy (non-hydrogen) atoms. The van der Waals surface area contributed by atoms with E-state index in [9.17, 15) is 4.79 Å². The van der Waals surface area contributed by atoms with Crippen LogP contribution in [0.2, 0.25) is 0 Å². The van der Waals surface area contributed by atoms with Crippen LogP contribution in [0.25, 0.3) is 0 Å². The van der Waals surface area contributed by atoms with E-state index in [0.29, 0.717) is 12.8 Å². The van der Waals surface area contributed by atoms with Gasteiger partial charge >= 0.3 is 0 Å². The van der Waals surface area contributed by atoms with Crippen molar-refractivity contribution in [3.05, 3.63) is 24.3 Å². The van der Waals surface area contributed by atoms with Gasteiger partial charge in [0.05, 0.1) is 7.11 Å². The minimum absolute atomic E-state index is 0.0287. The van der Waals surface area contributed by atoms with Crippen molar-refractivity contribution in [3.8, 4) is 5.75 Å². The maximum atomic E-state index is 12.0. The molecule has 0 aliphatic heterocycles. The molecule has 3 N–H and O–H groups in total. The monoisotopic (exact) mass is 294 g/mol. The number of nitrogens with one attached hydrogen (secondary N) is 2. The maximum Gasteiger partial charge on any atom is 0.225 e. The highest BCUT2D eigenvalue weighted by Crippen LogP contribution is 2.15. The van der Waals surface area contributed by atoms with Crippen molar-refractivity contribution in [2.45, 2.75) is 45.2 Å². The van der Waals surface area contributed by atoms with Crippen LogP contribution in [0.15, 0.2) is 24.3 Å². The summed E-state index contributed by atoms with van der Waals surface area (Å²) in [6, 6.07) is 7.57. The molecule has 1 aromatic rings. The molecule has 5 heteroatoms. The van der Waals surface area contributed by atoms with Gasteiger partial charge < -0.3 is 20.5 Å². The third-order valence-electron chi connectivity index (χ3n) is 3.36. The third kappa shape index (κ3) is 6.60. The van der Waals surface area contributed by atoms with Gasteiger partial charge in [0.2, 0.25) is 5.91 Å². The molecule has 0 spiro atoms. The van der Waals surface area contributed by atoms with Crippen LogP contribution in [-0.2, 0) is 4.79 Å². The number of methoxy groups -OCH3 is 1. The summed E-state index contributed by atoms with van der Waals surface area (Å²) in [6.07, 6.45) is 2.04. The lowest BCUT2D eigenvalue weighted by atomic mass is 10.1. The van der Waals surface area contributed by atoms with E-state index < -0.39 is 0 Å². The zero-order valence-corrected chi connectivity index (χ0v) is 13.1. The van der Waals surface area contributed by atoms with Crippen molar-refractivity contribution < 1.29 is 14.6 Å². The highest BCUT2D eigenvalue weighted by atomic mass is 16.5. The maximum absolute atomic E-state index is 12.0. The fraction of sp³-hybridized carbons (Fsp3) is 0.562. The topological polar surface area (TPSA) is 70.6 Å². The summed E-state index contributed by atoms with van der Waals surface area (Å²) in [4.78, 5) is 12.0. The molecule has 0 saturated heterocycles. The fourth-order valence-electron chi connectivity index (χ4n) is 2.19. The first-order valence-electron chi connectivity index (χ1n) is 7.39. The molecule has 0 aliphatic carbocycles. The Morgan fingerprint density at radius 1 is 1.33 bits per heavy atom. The normalized spacial score (nSPS) is 13.5. The molecule has 0 aliphatic rings. The molecule has 2 unspecified atom stereocenters. The smallest absolute Gasteiger partial charge is 0.225 e. The average molecular weight is 294 g/mol. The first kappa shape index (κ1) is 17.5. The van der Waals surface area contributed by atoms with Crippen molar-refractivity contribution >= 4 is 11.6 Å². The number of carbonyl (C=O) groups excluding carboxylic acids is 1. The van der Waals surface area contributed by atoms with Gasteiger partial charge in [0.15, 0.2) is 0 Å². The van der Waals surface area contributed by atoms with E-state index in [1.807, 2.05) is 31.2 Å². The molecule has 1 aromatic carbocycles. The summed E-state index contributed by atoms with van der Waals surface area (Å²) in [5.74, 6) is 0.733. The summed E-state index contributed by atoms with van der Waals surface area (Å²) in [5, 5.41) is 15.2. The zero-order valence-electron chi connectivity index (χ0n) is 13.1. The molecule has 1 rings (SSSR count). The molecule has 118 valence electrons. The number of benzene rings is 1. The van der Waals surface area contributed by atoms with E-state index in [1.165, 1.54) is 0 Å². The number of carbonyl (C=O) groups is 1. The first-order valence-corrected chi connectivity index (χ1v) is 7.39. The average Bonchev–Trinajstić information content (AvgIpc) is 2.47. The molecular weight excluding hydrogens is 268 g/mol. The van der Waals surface area contributed by atoms with E-state index in [2.05, 4.69) is 17.6 Å². The highest BCUT2D eigenvalue weighted by molar-refractivity contribution is 5.91. The lowest BCUT2D eigenvalue weighted by Gasteiger charge is -2.21. The Hall–Kier alpha value is -1.59. The standard InChI is InChI=1S/C16H26N2O3/c1-4-13(9-10-19)17-12(2)11-16(20)18-14-5-7-15(21-3)8-6-14/h5-8,12-13,17,19H,4,9-11H2,1-3H3,(H,18,20). The van der Waals surface area contributed by atoms with Crippen molar-refractivity contribution in [3.63, 3.8) is 0 Å². The Morgan fingerprint density at radius 2 is 2.00 bits per heavy atom. The van der Waals surface area contributed by atoms with E-state index in [1.54, 1.807) is 7.11 Å². The van der Waals surface area contributed by atoms with E-state index in [-0.39, 0.29) is 24.6 Å². The number of rotatable bonds is 9. The summed E-state index contributed by atoms with van der Waals surface area (Å²) < 4.78 is 5.07. The zero-order chi connectivity index (χ0) is 15.7. The summed E-state index contributed by atoms with van der Waals surface area (Å²) in [5.41, 5.74) is 0.760. The van der Waals surface area contributed by atoms with Gasteiger partial charge in [-0.15, -0.1) is 0 Å². The van der Waals surface area contributed by atoms with Crippen molar-refractivity contribution in [2.24, 2.45) is 0 Å². The number of aliphatic hydroxyl groups excluding tert-OH is 1. The number of anilines is 1. The minimum atomic E-state index is -0.0287. The summed E-state index contributed by atoms with van der Waals surface area (Å²) >= 11 is 0. The van der Waals surface area contributed by atoms with E-state index in [0.717, 1.165) is 17.9 Å². The predicted octanol–water partition coefficient (Wildman–Crippen LogP) is 2.16. The van der Waals surface area contributed by atoms with Gasteiger partial charge in [-0.2, -0.15) is 0 Å². The molecule has 5 nitrogen and oxygen atoms in total. The Labute approximate surface area is 126 Å². The lowest BCUT2D eigenvalue weighted by Crippen LogP contribution is -2.38. The van der Waals surface area contributed by atoms with Crippen LogP contribution < -0.4 is 15.4 Å². The summed E-state index contributed by atoms with van der Waals surface area (Å²) in [7, 11) is 1.61. The Balaban J connectivity index is 2.41. The Kier molecular flexibility index (Phi) is 7.79. The number of ether oxygens (including phenoxy) is 1. The quantitative estimate of drug-likeness (QED) is 0.653. The van der Waals surface area contributed by atoms with Crippen LogP contribution >= 0.6 is 0 Å². The van der Waals surface area contributed by atoms with Gasteiger partial charge in [-0.3, -0.25) is 4.79 Å². The molecule has 0 radical (unpaired) electrons. The van der Waals surface area contributed by atoms with Gasteiger partial charge in [-0.05, 0) is 44.0 Å². The largest absolute Gasteiger partial charge is 0.497 e. The SMILES string of the molecule is CCC(CCO)NC(C)CC(=O)Nc1ccc(OC)cc1. The van der Waals surface area contributed by atoms with Gasteiger partial charge in [-0.25, -0.2) is 0 Å². The van der Waals surface area contributed by atoms with E-state index >= 15 is 0 Å². The number of hydrogen-bond donors (Lipinski definition) is 3. The Bertz CT molecular complexity index is 420. The van der Waals surface area contributed by atoms with Crippen LogP contribution in [0.5, 0.6) is 5.75 Å². The van der Waals surface area contributed by atoms with Gasteiger partial charge in [-0.1, -0.05) is 6.92 Å². The second kappa shape index (κ2) is 9.37. The molecule has 2 atom stereocenters. The van der Waals surface area contributed by atoms with Gasteiger partial charge in [0.25, 0.3) is 0 Å². The Morgan fingerprint density at radius 3 is 2.52 bits per heavy atom. The summed E-state index contributed by atoms with van der Waals surface area (Å²) in [6.45, 7) is 4.21. The number of hydrogen-bond acceptors (Lipinski definition) is 4. The van der Waals surface area contributed by atoms with Crippen LogP contribution in [0.3, 0.4) is 0 Å². The van der Waals surface area contributed by atoms with Gasteiger partial charge in [0.1, 0.15) is 5.75 Å². The molecule has 0 saturated carbocycles. The van der Waals surface area contributed by atoms with Crippen LogP contribution in [0.4, 0.5) is 5.69 Å². The first-order chi connectivity index (χ1) is 10.1. The molecular formula is C16H26N2O3. The van der Waals surface area contributed by atoms with Crippen LogP contribution in [-0.4, -0.2) is 36.8 Å². The van der Waals surface area contributed by atoms with Crippen LogP contribution in [0, 0.1) is 0 Å². The molecule has 1 amide bonds. The van der Waals surface area contributed by atoms with Crippen molar-refractivity contribution in [1.29, 1.82) is 0 Å². The molecule has 0 fully saturated rings. The highest BCUT2D eigenvalue weighted by Gasteiger charge is 2.13. The van der Waals surface area contributed by atoms with Crippen molar-refractivity contribution in [1.82, 2.24) is 5.32 Å². The minimum Gasteiger partial charge on any atom is -0.497 e. The molecule has 0 heterocycles. The second-order valence-corrected chi connectivity index (χ2v) is 5.17. The van der Waals surface area contributed by atoms with Crippen LogP contribution in [0.1, 0.15) is 33.1 Å².